The first-order valence-electron chi connectivity index (χ1n) is 5.51. The summed E-state index contributed by atoms with van der Waals surface area (Å²) in [5, 5.41) is 4.06. The quantitative estimate of drug-likeness (QED) is 0.831. The van der Waals surface area contributed by atoms with Crippen molar-refractivity contribution in [1.82, 2.24) is 0 Å². The fourth-order valence-electron chi connectivity index (χ4n) is 1.63. The second kappa shape index (κ2) is 5.59. The van der Waals surface area contributed by atoms with E-state index in [4.69, 9.17) is 23.2 Å². The molecule has 2 aromatic carbocycles. The Morgan fingerprint density at radius 2 is 1.89 bits per heavy atom. The first kappa shape index (κ1) is 13.2. The van der Waals surface area contributed by atoms with E-state index in [1.54, 1.807) is 31.2 Å². The molecule has 0 saturated carbocycles. The summed E-state index contributed by atoms with van der Waals surface area (Å²) >= 11 is 11.7. The van der Waals surface area contributed by atoms with Gasteiger partial charge in [-0.25, -0.2) is 4.39 Å². The van der Waals surface area contributed by atoms with Crippen molar-refractivity contribution in [3.63, 3.8) is 0 Å². The zero-order chi connectivity index (χ0) is 13.1. The highest BCUT2D eigenvalue weighted by molar-refractivity contribution is 6.42. The molecule has 1 N–H and O–H groups in total. The molecule has 0 amide bonds. The number of benzene rings is 2. The van der Waals surface area contributed by atoms with Crippen molar-refractivity contribution in [3.8, 4) is 0 Å². The molecule has 1 nitrogen and oxygen atoms in total. The molecule has 0 aliphatic carbocycles. The third kappa shape index (κ3) is 2.95. The van der Waals surface area contributed by atoms with Crippen LogP contribution in [-0.2, 0) is 6.54 Å². The van der Waals surface area contributed by atoms with Crippen LogP contribution in [0.25, 0.3) is 0 Å². The third-order valence-electron chi connectivity index (χ3n) is 2.66. The van der Waals surface area contributed by atoms with Gasteiger partial charge in [0.15, 0.2) is 0 Å². The molecule has 0 aliphatic rings. The summed E-state index contributed by atoms with van der Waals surface area (Å²) in [6, 6.07) is 10.6. The van der Waals surface area contributed by atoms with Gasteiger partial charge in [-0.05, 0) is 36.2 Å². The molecule has 0 radical (unpaired) electrons. The highest BCUT2D eigenvalue weighted by Gasteiger charge is 2.04. The van der Waals surface area contributed by atoms with E-state index in [0.29, 0.717) is 27.8 Å². The highest BCUT2D eigenvalue weighted by atomic mass is 35.5. The number of hydrogen-bond acceptors (Lipinski definition) is 1. The lowest BCUT2D eigenvalue weighted by molar-refractivity contribution is 0.621. The minimum absolute atomic E-state index is 0.224. The van der Waals surface area contributed by atoms with Crippen LogP contribution >= 0.6 is 23.2 Å². The van der Waals surface area contributed by atoms with E-state index in [1.807, 2.05) is 12.1 Å². The first-order chi connectivity index (χ1) is 8.58. The van der Waals surface area contributed by atoms with Crippen molar-refractivity contribution >= 4 is 28.9 Å². The van der Waals surface area contributed by atoms with Gasteiger partial charge in [-0.1, -0.05) is 41.4 Å². The monoisotopic (exact) mass is 283 g/mol. The second-order valence-electron chi connectivity index (χ2n) is 4.04. The number of halogens is 3. The van der Waals surface area contributed by atoms with Crippen LogP contribution in [0.3, 0.4) is 0 Å². The largest absolute Gasteiger partial charge is 0.379 e. The predicted octanol–water partition coefficient (Wildman–Crippen LogP) is 5.05. The van der Waals surface area contributed by atoms with Gasteiger partial charge in [-0.2, -0.15) is 0 Å². The van der Waals surface area contributed by atoms with Crippen LogP contribution < -0.4 is 5.32 Å². The summed E-state index contributed by atoms with van der Waals surface area (Å²) in [5.74, 6) is -0.224. The molecule has 0 saturated heterocycles. The van der Waals surface area contributed by atoms with Crippen LogP contribution in [0.1, 0.15) is 11.1 Å². The third-order valence-corrected chi connectivity index (χ3v) is 3.40. The molecule has 0 aromatic heterocycles. The fourth-order valence-corrected chi connectivity index (χ4v) is 1.95. The molecule has 2 aromatic rings. The van der Waals surface area contributed by atoms with Crippen molar-refractivity contribution in [2.75, 3.05) is 5.32 Å². The zero-order valence-electron chi connectivity index (χ0n) is 9.81. The second-order valence-corrected chi connectivity index (χ2v) is 4.85. The van der Waals surface area contributed by atoms with Gasteiger partial charge in [-0.3, -0.25) is 0 Å². The molecule has 94 valence electrons. The van der Waals surface area contributed by atoms with Gasteiger partial charge in [-0.15, -0.1) is 0 Å². The van der Waals surface area contributed by atoms with Crippen LogP contribution in [0.5, 0.6) is 0 Å². The maximum Gasteiger partial charge on any atom is 0.149 e. The van der Waals surface area contributed by atoms with E-state index >= 15 is 0 Å². The van der Waals surface area contributed by atoms with Crippen LogP contribution in [0.15, 0.2) is 36.4 Å². The number of anilines is 1. The molecule has 0 aliphatic heterocycles. The maximum atomic E-state index is 13.7. The van der Waals surface area contributed by atoms with Crippen molar-refractivity contribution in [1.29, 1.82) is 0 Å². The number of aryl methyl sites for hydroxylation is 1. The van der Waals surface area contributed by atoms with Crippen LogP contribution in [0.2, 0.25) is 10.0 Å². The van der Waals surface area contributed by atoms with Gasteiger partial charge < -0.3 is 5.32 Å². The molecule has 0 heterocycles. The average molecular weight is 284 g/mol. The Morgan fingerprint density at radius 3 is 2.61 bits per heavy atom. The number of rotatable bonds is 3. The highest BCUT2D eigenvalue weighted by Crippen LogP contribution is 2.23. The van der Waals surface area contributed by atoms with Crippen LogP contribution in [0.4, 0.5) is 10.1 Å². The molecule has 0 bridgehead atoms. The average Bonchev–Trinajstić information content (AvgIpc) is 2.35. The number of nitrogens with one attached hydrogen (secondary N) is 1. The molecule has 2 rings (SSSR count). The molecular weight excluding hydrogens is 272 g/mol. The summed E-state index contributed by atoms with van der Waals surface area (Å²) in [7, 11) is 0. The van der Waals surface area contributed by atoms with E-state index in [2.05, 4.69) is 5.32 Å². The molecule has 18 heavy (non-hydrogen) atoms. The lowest BCUT2D eigenvalue weighted by atomic mass is 10.2. The lowest BCUT2D eigenvalue weighted by Gasteiger charge is -2.09. The Hall–Kier alpha value is -1.25. The van der Waals surface area contributed by atoms with Gasteiger partial charge >= 0.3 is 0 Å². The standard InChI is InChI=1S/C14H12Cl2FN/c1-9-3-2-4-13(14(9)17)18-8-10-5-6-11(15)12(16)7-10/h2-7,18H,8H2,1H3. The van der Waals surface area contributed by atoms with Crippen LogP contribution in [-0.4, -0.2) is 0 Å². The Balaban J connectivity index is 2.11. The molecule has 0 atom stereocenters. The van der Waals surface area contributed by atoms with Gasteiger partial charge in [0.25, 0.3) is 0 Å². The minimum atomic E-state index is -0.224. The SMILES string of the molecule is Cc1cccc(NCc2ccc(Cl)c(Cl)c2)c1F. The summed E-state index contributed by atoms with van der Waals surface area (Å²) in [6.07, 6.45) is 0. The zero-order valence-corrected chi connectivity index (χ0v) is 11.3. The Bertz CT molecular complexity index is 570. The van der Waals surface area contributed by atoms with Crippen molar-refractivity contribution in [2.45, 2.75) is 13.5 Å². The summed E-state index contributed by atoms with van der Waals surface area (Å²) < 4.78 is 13.7. The predicted molar refractivity (Wildman–Crippen MR) is 74.9 cm³/mol. The Kier molecular flexibility index (Phi) is 4.10. The van der Waals surface area contributed by atoms with Gasteiger partial charge in [0.05, 0.1) is 15.7 Å². The Labute approximate surface area is 116 Å². The maximum absolute atomic E-state index is 13.7. The first-order valence-corrected chi connectivity index (χ1v) is 6.26. The van der Waals surface area contributed by atoms with E-state index in [-0.39, 0.29) is 5.82 Å². The summed E-state index contributed by atoms with van der Waals surface area (Å²) in [4.78, 5) is 0. The molecular formula is C14H12Cl2FN. The van der Waals surface area contributed by atoms with E-state index in [1.165, 1.54) is 0 Å². The molecule has 0 spiro atoms. The van der Waals surface area contributed by atoms with E-state index < -0.39 is 0 Å². The van der Waals surface area contributed by atoms with Gasteiger partial charge in [0.1, 0.15) is 5.82 Å². The minimum Gasteiger partial charge on any atom is -0.379 e. The summed E-state index contributed by atoms with van der Waals surface area (Å²) in [6.45, 7) is 2.23. The molecule has 0 unspecified atom stereocenters. The van der Waals surface area contributed by atoms with Crippen LogP contribution in [0, 0.1) is 12.7 Å². The lowest BCUT2D eigenvalue weighted by Crippen LogP contribution is -2.02. The van der Waals surface area contributed by atoms with Gasteiger partial charge in [0, 0.05) is 6.54 Å². The van der Waals surface area contributed by atoms with E-state index in [0.717, 1.165) is 5.56 Å². The van der Waals surface area contributed by atoms with Crippen molar-refractivity contribution in [2.24, 2.45) is 0 Å². The summed E-state index contributed by atoms with van der Waals surface area (Å²) in [5.41, 5.74) is 2.06. The topological polar surface area (TPSA) is 12.0 Å². The molecule has 0 fully saturated rings. The normalized spacial score (nSPS) is 10.4. The smallest absolute Gasteiger partial charge is 0.149 e. The van der Waals surface area contributed by atoms with Crippen molar-refractivity contribution in [3.05, 3.63) is 63.4 Å². The molecule has 4 heteroatoms. The van der Waals surface area contributed by atoms with E-state index in [9.17, 15) is 4.39 Å². The van der Waals surface area contributed by atoms with Gasteiger partial charge in [0.2, 0.25) is 0 Å². The fraction of sp³-hybridized carbons (Fsp3) is 0.143. The van der Waals surface area contributed by atoms with Crippen molar-refractivity contribution < 1.29 is 4.39 Å². The number of hydrogen-bond donors (Lipinski definition) is 1. The Morgan fingerprint density at radius 1 is 1.11 bits per heavy atom.